The minimum Gasteiger partial charge on any atom is -0.499 e. The molecule has 0 aromatic rings. The van der Waals surface area contributed by atoms with Crippen molar-refractivity contribution in [2.45, 2.75) is 59.0 Å². The van der Waals surface area contributed by atoms with Crippen LogP contribution in [0.25, 0.3) is 0 Å². The second kappa shape index (κ2) is 12.3. The zero-order chi connectivity index (χ0) is 9.23. The molecule has 2 heteroatoms. The normalized spacial score (nSPS) is 10.5. The summed E-state index contributed by atoms with van der Waals surface area (Å²) in [5, 5.41) is 0. The Balaban J connectivity index is 0. The molecule has 0 bridgehead atoms. The summed E-state index contributed by atoms with van der Waals surface area (Å²) in [6, 6.07) is 0. The van der Waals surface area contributed by atoms with Crippen molar-refractivity contribution in [2.75, 3.05) is 0 Å². The number of hydrogen-bond donors (Lipinski definition) is 0. The summed E-state index contributed by atoms with van der Waals surface area (Å²) in [7, 11) is 0. The zero-order valence-corrected chi connectivity index (χ0v) is 10.7. The number of allylic oxidation sites excluding steroid dienone is 1. The second-order valence-electron chi connectivity index (χ2n) is 3.41. The topological polar surface area (TPSA) is 9.23 Å². The molecule has 0 aliphatic carbocycles. The van der Waals surface area contributed by atoms with E-state index in [4.69, 9.17) is 4.74 Å². The van der Waals surface area contributed by atoms with Gasteiger partial charge in [0.25, 0.3) is 0 Å². The summed E-state index contributed by atoms with van der Waals surface area (Å²) >= 11 is 0. The predicted octanol–water partition coefficient (Wildman–Crippen LogP) is 3.89. The maximum Gasteiger partial charge on any atom is 0.0922 e. The molecule has 0 saturated carbocycles. The van der Waals surface area contributed by atoms with Crippen molar-refractivity contribution in [2.24, 2.45) is 0 Å². The summed E-state index contributed by atoms with van der Waals surface area (Å²) in [6.07, 6.45) is 10.7. The first-order valence-electron chi connectivity index (χ1n) is 5.07. The fourth-order valence-electron chi connectivity index (χ4n) is 0.970. The number of hydrogen-bond acceptors (Lipinski definition) is 1. The Morgan fingerprint density at radius 3 is 2.38 bits per heavy atom. The number of unbranched alkanes of at least 4 members (excludes halogenated alkanes) is 4. The fourth-order valence-corrected chi connectivity index (χ4v) is 0.970. The van der Waals surface area contributed by atoms with Crippen molar-refractivity contribution in [3.63, 3.8) is 0 Å². The van der Waals surface area contributed by atoms with E-state index in [1.165, 1.54) is 25.7 Å². The molecule has 0 atom stereocenters. The van der Waals surface area contributed by atoms with Crippen LogP contribution in [-0.4, -0.2) is 6.10 Å². The van der Waals surface area contributed by atoms with E-state index in [1.54, 1.807) is 0 Å². The van der Waals surface area contributed by atoms with E-state index in [9.17, 15) is 0 Å². The third kappa shape index (κ3) is 15.0. The minimum absolute atomic E-state index is 0. The molecule has 0 heterocycles. The van der Waals surface area contributed by atoms with Crippen LogP contribution in [0.5, 0.6) is 0 Å². The van der Waals surface area contributed by atoms with Gasteiger partial charge in [-0.15, -0.1) is 0 Å². The van der Waals surface area contributed by atoms with Gasteiger partial charge in [0.05, 0.1) is 12.4 Å². The van der Waals surface area contributed by atoms with Crippen molar-refractivity contribution < 1.29 is 26.5 Å². The number of ether oxygens (including phenoxy) is 1. The molecule has 0 amide bonds. The van der Waals surface area contributed by atoms with Gasteiger partial charge in [-0.05, 0) is 32.8 Å². The summed E-state index contributed by atoms with van der Waals surface area (Å²) in [5.74, 6) is 0. The van der Waals surface area contributed by atoms with Crippen LogP contribution in [-0.2, 0) is 26.5 Å². The Hall–Kier alpha value is 0.254. The van der Waals surface area contributed by atoms with Crippen LogP contribution in [0.15, 0.2) is 12.3 Å². The zero-order valence-electron chi connectivity index (χ0n) is 9.18. The molecular weight excluding hydrogens is 196 g/mol. The van der Waals surface area contributed by atoms with E-state index in [1.807, 2.05) is 20.1 Å². The molecule has 0 aliphatic rings. The smallest absolute Gasteiger partial charge is 0.0922 e. The summed E-state index contributed by atoms with van der Waals surface area (Å²) in [4.78, 5) is 0. The van der Waals surface area contributed by atoms with Gasteiger partial charge in [-0.25, -0.2) is 0 Å². The molecule has 0 aliphatic heterocycles. The van der Waals surface area contributed by atoms with Crippen LogP contribution >= 0.6 is 0 Å². The van der Waals surface area contributed by atoms with E-state index < -0.39 is 0 Å². The van der Waals surface area contributed by atoms with Crippen molar-refractivity contribution in [3.8, 4) is 0 Å². The Bertz CT molecular complexity index is 111. The van der Waals surface area contributed by atoms with Crippen LogP contribution in [0.2, 0.25) is 0 Å². The molecule has 0 aromatic carbocycles. The Labute approximate surface area is 97.8 Å². The van der Waals surface area contributed by atoms with E-state index in [2.05, 4.69) is 13.0 Å². The average molecular weight is 218 g/mol. The van der Waals surface area contributed by atoms with Gasteiger partial charge in [-0.2, -0.15) is 0 Å². The summed E-state index contributed by atoms with van der Waals surface area (Å²) < 4.78 is 5.27. The number of rotatable bonds is 7. The van der Waals surface area contributed by atoms with Crippen molar-refractivity contribution in [3.05, 3.63) is 12.3 Å². The van der Waals surface area contributed by atoms with Gasteiger partial charge < -0.3 is 4.74 Å². The predicted molar refractivity (Wildman–Crippen MR) is 54.1 cm³/mol. The molecule has 0 radical (unpaired) electrons. The average Bonchev–Trinajstić information content (AvgIpc) is 2.02. The fraction of sp³-hybridized carbons (Fsp3) is 0.818. The summed E-state index contributed by atoms with van der Waals surface area (Å²) in [6.45, 7) is 6.32. The first-order valence-corrected chi connectivity index (χ1v) is 5.07. The Morgan fingerprint density at radius 1 is 1.15 bits per heavy atom. The van der Waals surface area contributed by atoms with Crippen LogP contribution in [0.1, 0.15) is 52.9 Å². The van der Waals surface area contributed by atoms with E-state index in [0.717, 1.165) is 6.42 Å². The van der Waals surface area contributed by atoms with E-state index >= 15 is 0 Å². The molecule has 1 nitrogen and oxygen atoms in total. The molecule has 0 rings (SSSR count). The van der Waals surface area contributed by atoms with Gasteiger partial charge in [0.2, 0.25) is 0 Å². The maximum atomic E-state index is 5.27. The van der Waals surface area contributed by atoms with E-state index in [-0.39, 0.29) is 21.7 Å². The third-order valence-electron chi connectivity index (χ3n) is 1.67. The monoisotopic (exact) mass is 218 g/mol. The summed E-state index contributed by atoms with van der Waals surface area (Å²) in [5.41, 5.74) is 0. The second-order valence-corrected chi connectivity index (χ2v) is 3.41. The first kappa shape index (κ1) is 15.7. The van der Waals surface area contributed by atoms with Crippen LogP contribution in [0, 0.1) is 0 Å². The molecule has 0 unspecified atom stereocenters. The van der Waals surface area contributed by atoms with Gasteiger partial charge in [0, 0.05) is 21.7 Å². The SMILES string of the molecule is CCCCCCC=COC(C)C.[Ti]. The third-order valence-corrected chi connectivity index (χ3v) is 1.67. The van der Waals surface area contributed by atoms with Gasteiger partial charge in [-0.3, -0.25) is 0 Å². The van der Waals surface area contributed by atoms with Gasteiger partial charge in [0.15, 0.2) is 0 Å². The molecule has 76 valence electrons. The van der Waals surface area contributed by atoms with Crippen LogP contribution in [0.4, 0.5) is 0 Å². The van der Waals surface area contributed by atoms with Gasteiger partial charge >= 0.3 is 0 Å². The van der Waals surface area contributed by atoms with Crippen molar-refractivity contribution >= 4 is 0 Å². The van der Waals surface area contributed by atoms with Gasteiger partial charge in [0.1, 0.15) is 0 Å². The standard InChI is InChI=1S/C11H22O.Ti/c1-4-5-6-7-8-9-10-12-11(2)3;/h9-11H,4-8H2,1-3H3;. The van der Waals surface area contributed by atoms with Crippen LogP contribution in [0.3, 0.4) is 0 Å². The largest absolute Gasteiger partial charge is 0.499 e. The van der Waals surface area contributed by atoms with Crippen molar-refractivity contribution in [1.29, 1.82) is 0 Å². The molecular formula is C11H22OTi. The van der Waals surface area contributed by atoms with Crippen LogP contribution < -0.4 is 0 Å². The quantitative estimate of drug-likeness (QED) is 0.358. The van der Waals surface area contributed by atoms with Gasteiger partial charge in [-0.1, -0.05) is 26.2 Å². The molecule has 0 saturated heterocycles. The molecule has 0 spiro atoms. The Morgan fingerprint density at radius 2 is 1.85 bits per heavy atom. The molecule has 0 N–H and O–H groups in total. The molecule has 0 aromatic heterocycles. The maximum absolute atomic E-state index is 5.27. The minimum atomic E-state index is 0. The first-order chi connectivity index (χ1) is 5.77. The van der Waals surface area contributed by atoms with E-state index in [0.29, 0.717) is 6.10 Å². The molecule has 0 fully saturated rings. The Kier molecular flexibility index (Phi) is 14.8. The molecule has 13 heavy (non-hydrogen) atoms. The van der Waals surface area contributed by atoms with Crippen molar-refractivity contribution in [1.82, 2.24) is 0 Å².